The molecule has 1 unspecified atom stereocenters. The average Bonchev–Trinajstić information content (AvgIpc) is 2.61. The summed E-state index contributed by atoms with van der Waals surface area (Å²) in [7, 11) is -0.503. The number of nitrogens with zero attached hydrogens (tertiary/aromatic N) is 1. The molecule has 146 valence electrons. The summed E-state index contributed by atoms with van der Waals surface area (Å²) in [5.74, 6) is 0.161. The van der Waals surface area contributed by atoms with Crippen LogP contribution in [-0.4, -0.2) is 32.7 Å². The molecule has 0 fully saturated rings. The van der Waals surface area contributed by atoms with E-state index in [9.17, 15) is 13.2 Å². The van der Waals surface area contributed by atoms with Gasteiger partial charge in [-0.2, -0.15) is 0 Å². The van der Waals surface area contributed by atoms with Crippen LogP contribution in [0.4, 0.5) is 5.69 Å². The van der Waals surface area contributed by atoms with E-state index in [0.717, 1.165) is 16.3 Å². The first-order valence-electron chi connectivity index (χ1n) is 9.03. The Morgan fingerprint density at radius 2 is 1.52 bits per heavy atom. The fourth-order valence-corrected chi connectivity index (χ4v) is 3.64. The predicted octanol–water partition coefficient (Wildman–Crippen LogP) is 3.88. The van der Waals surface area contributed by atoms with Gasteiger partial charge in [0, 0.05) is 19.8 Å². The zero-order chi connectivity index (χ0) is 20.2. The molecule has 2 rings (SSSR count). The molecule has 27 heavy (non-hydrogen) atoms. The number of sulfonamides is 1. The third kappa shape index (κ3) is 5.40. The highest BCUT2D eigenvalue weighted by Crippen LogP contribution is 2.21. The van der Waals surface area contributed by atoms with Crippen molar-refractivity contribution in [1.29, 1.82) is 0 Å². The van der Waals surface area contributed by atoms with E-state index >= 15 is 0 Å². The summed E-state index contributed by atoms with van der Waals surface area (Å²) in [6, 6.07) is 14.3. The molecule has 0 heterocycles. The molecule has 0 spiro atoms. The Balaban J connectivity index is 2.06. The second kappa shape index (κ2) is 8.67. The van der Waals surface area contributed by atoms with E-state index in [4.69, 9.17) is 0 Å². The molecule has 0 aromatic heterocycles. The van der Waals surface area contributed by atoms with Gasteiger partial charge < -0.3 is 5.32 Å². The molecular formula is C21H28N2O3S. The van der Waals surface area contributed by atoms with Gasteiger partial charge >= 0.3 is 0 Å². The number of carbonyl (C=O) groups is 1. The number of carbonyl (C=O) groups excluding carboxylic acids is 1. The largest absolute Gasteiger partial charge is 0.326 e. The van der Waals surface area contributed by atoms with Crippen LogP contribution in [-0.2, 0) is 21.2 Å². The van der Waals surface area contributed by atoms with Crippen LogP contribution in [0, 0.1) is 5.92 Å². The van der Waals surface area contributed by atoms with Gasteiger partial charge in [0.1, 0.15) is 0 Å². The van der Waals surface area contributed by atoms with E-state index in [1.807, 2.05) is 19.1 Å². The molecule has 1 amide bonds. The van der Waals surface area contributed by atoms with Gasteiger partial charge in [-0.15, -0.1) is 0 Å². The number of hydrogen-bond donors (Lipinski definition) is 1. The summed E-state index contributed by atoms with van der Waals surface area (Å²) in [6.45, 7) is 6.22. The second-order valence-electron chi connectivity index (χ2n) is 7.36. The standard InChI is InChI=1S/C21H28N2O3S/c1-15(2)14-17-6-8-18(9-7-17)16(3)21(24)22-19-10-12-20(13-11-19)27(25,26)23(4)5/h6-13,15-16H,14H2,1-5H3,(H,22,24). The lowest BCUT2D eigenvalue weighted by Crippen LogP contribution is -2.22. The number of nitrogens with one attached hydrogen (secondary N) is 1. The molecule has 6 heteroatoms. The smallest absolute Gasteiger partial charge is 0.242 e. The van der Waals surface area contributed by atoms with Crippen molar-refractivity contribution < 1.29 is 13.2 Å². The minimum absolute atomic E-state index is 0.130. The van der Waals surface area contributed by atoms with Crippen LogP contribution in [0.25, 0.3) is 0 Å². The number of hydrogen-bond acceptors (Lipinski definition) is 3. The Hall–Kier alpha value is -2.18. The maximum Gasteiger partial charge on any atom is 0.242 e. The van der Waals surface area contributed by atoms with Crippen molar-refractivity contribution in [1.82, 2.24) is 4.31 Å². The third-order valence-electron chi connectivity index (χ3n) is 4.42. The second-order valence-corrected chi connectivity index (χ2v) is 9.51. The number of rotatable bonds is 7. The Morgan fingerprint density at radius 1 is 0.963 bits per heavy atom. The van der Waals surface area contributed by atoms with Crippen molar-refractivity contribution in [2.24, 2.45) is 5.92 Å². The van der Waals surface area contributed by atoms with E-state index in [1.165, 1.54) is 31.8 Å². The van der Waals surface area contributed by atoms with E-state index in [0.29, 0.717) is 11.6 Å². The van der Waals surface area contributed by atoms with Crippen LogP contribution in [0.5, 0.6) is 0 Å². The molecule has 0 aliphatic heterocycles. The molecule has 2 aromatic rings. The van der Waals surface area contributed by atoms with Crippen molar-refractivity contribution in [3.63, 3.8) is 0 Å². The van der Waals surface area contributed by atoms with E-state index in [-0.39, 0.29) is 16.7 Å². The quantitative estimate of drug-likeness (QED) is 0.783. The molecule has 2 aromatic carbocycles. The number of anilines is 1. The van der Waals surface area contributed by atoms with Gasteiger partial charge in [-0.3, -0.25) is 4.79 Å². The molecule has 0 bridgehead atoms. The van der Waals surface area contributed by atoms with Crippen LogP contribution >= 0.6 is 0 Å². The monoisotopic (exact) mass is 388 g/mol. The lowest BCUT2D eigenvalue weighted by atomic mass is 9.96. The van der Waals surface area contributed by atoms with Crippen LogP contribution in [0.1, 0.15) is 37.8 Å². The third-order valence-corrected chi connectivity index (χ3v) is 6.25. The summed E-state index contributed by atoms with van der Waals surface area (Å²) < 4.78 is 25.3. The Bertz CT molecular complexity index is 871. The first kappa shape index (κ1) is 21.1. The molecule has 1 atom stereocenters. The lowest BCUT2D eigenvalue weighted by Gasteiger charge is -2.15. The zero-order valence-corrected chi connectivity index (χ0v) is 17.4. The fourth-order valence-electron chi connectivity index (χ4n) is 2.74. The molecule has 0 saturated carbocycles. The topological polar surface area (TPSA) is 66.5 Å². The highest BCUT2D eigenvalue weighted by atomic mass is 32.2. The molecule has 0 saturated heterocycles. The van der Waals surface area contributed by atoms with Gasteiger partial charge in [0.25, 0.3) is 0 Å². The molecule has 1 N–H and O–H groups in total. The van der Waals surface area contributed by atoms with Gasteiger partial charge in [-0.05, 0) is 54.7 Å². The van der Waals surface area contributed by atoms with Crippen LogP contribution in [0.15, 0.2) is 53.4 Å². The minimum atomic E-state index is -3.47. The first-order valence-corrected chi connectivity index (χ1v) is 10.5. The normalized spacial score (nSPS) is 13.0. The number of amides is 1. The van der Waals surface area contributed by atoms with Crippen molar-refractivity contribution in [3.05, 3.63) is 59.7 Å². The van der Waals surface area contributed by atoms with Gasteiger partial charge in [-0.25, -0.2) is 12.7 Å². The van der Waals surface area contributed by atoms with Crippen molar-refractivity contribution in [2.45, 2.75) is 38.0 Å². The predicted molar refractivity (Wildman–Crippen MR) is 109 cm³/mol. The van der Waals surface area contributed by atoms with Gasteiger partial charge in [0.15, 0.2) is 0 Å². The molecular weight excluding hydrogens is 360 g/mol. The highest BCUT2D eigenvalue weighted by molar-refractivity contribution is 7.89. The van der Waals surface area contributed by atoms with E-state index in [2.05, 4.69) is 31.3 Å². The molecule has 0 aliphatic carbocycles. The van der Waals surface area contributed by atoms with Crippen molar-refractivity contribution >= 4 is 21.6 Å². The minimum Gasteiger partial charge on any atom is -0.326 e. The summed E-state index contributed by atoms with van der Waals surface area (Å²) in [4.78, 5) is 12.7. The average molecular weight is 389 g/mol. The van der Waals surface area contributed by atoms with Crippen molar-refractivity contribution in [3.8, 4) is 0 Å². The van der Waals surface area contributed by atoms with Crippen molar-refractivity contribution in [2.75, 3.05) is 19.4 Å². The Kier molecular flexibility index (Phi) is 6.78. The van der Waals surface area contributed by atoms with Crippen LogP contribution in [0.2, 0.25) is 0 Å². The van der Waals surface area contributed by atoms with Gasteiger partial charge in [0.2, 0.25) is 15.9 Å². The summed E-state index contributed by atoms with van der Waals surface area (Å²) in [6.07, 6.45) is 1.02. The van der Waals surface area contributed by atoms with Gasteiger partial charge in [-0.1, -0.05) is 38.1 Å². The van der Waals surface area contributed by atoms with E-state index in [1.54, 1.807) is 12.1 Å². The molecule has 5 nitrogen and oxygen atoms in total. The lowest BCUT2D eigenvalue weighted by molar-refractivity contribution is -0.117. The van der Waals surface area contributed by atoms with E-state index < -0.39 is 10.0 Å². The number of benzene rings is 2. The maximum absolute atomic E-state index is 12.5. The van der Waals surface area contributed by atoms with Crippen LogP contribution in [0.3, 0.4) is 0 Å². The first-order chi connectivity index (χ1) is 12.6. The molecule has 0 aliphatic rings. The zero-order valence-electron chi connectivity index (χ0n) is 16.6. The fraction of sp³-hybridized carbons (Fsp3) is 0.381. The molecule has 0 radical (unpaired) electrons. The van der Waals surface area contributed by atoms with Gasteiger partial charge in [0.05, 0.1) is 10.8 Å². The Morgan fingerprint density at radius 3 is 2.00 bits per heavy atom. The summed E-state index contributed by atoms with van der Waals surface area (Å²) in [5.41, 5.74) is 2.78. The SMILES string of the molecule is CC(C)Cc1ccc(C(C)C(=O)Nc2ccc(S(=O)(=O)N(C)C)cc2)cc1. The van der Waals surface area contributed by atoms with Crippen LogP contribution < -0.4 is 5.32 Å². The maximum atomic E-state index is 12.5. The summed E-state index contributed by atoms with van der Waals surface area (Å²) in [5, 5.41) is 2.85. The Labute approximate surface area is 162 Å². The highest BCUT2D eigenvalue weighted by Gasteiger charge is 2.18. The summed E-state index contributed by atoms with van der Waals surface area (Å²) >= 11 is 0.